The highest BCUT2D eigenvalue weighted by Gasteiger charge is 2.30. The fourth-order valence-corrected chi connectivity index (χ4v) is 13.1. The van der Waals surface area contributed by atoms with Crippen LogP contribution in [0.1, 0.15) is 383 Å². The van der Waals surface area contributed by atoms with E-state index in [9.17, 15) is 43.2 Å². The number of esters is 4. The van der Waals surface area contributed by atoms with Gasteiger partial charge in [0.25, 0.3) is 0 Å². The molecule has 0 rings (SSSR count). The van der Waals surface area contributed by atoms with Gasteiger partial charge < -0.3 is 33.8 Å². The van der Waals surface area contributed by atoms with Gasteiger partial charge in [-0.1, -0.05) is 331 Å². The van der Waals surface area contributed by atoms with Gasteiger partial charge in [-0.3, -0.25) is 37.3 Å². The Labute approximate surface area is 581 Å². The minimum Gasteiger partial charge on any atom is -0.462 e. The maximum Gasteiger partial charge on any atom is 0.472 e. The molecule has 0 saturated carbocycles. The van der Waals surface area contributed by atoms with E-state index in [-0.39, 0.29) is 25.7 Å². The monoisotopic (exact) mass is 1400 g/mol. The van der Waals surface area contributed by atoms with Crippen LogP contribution >= 0.6 is 15.6 Å². The highest BCUT2D eigenvalue weighted by molar-refractivity contribution is 7.47. The average Bonchev–Trinajstić information content (AvgIpc) is 1.70. The Hall–Kier alpha value is -1.94. The SMILES string of the molecule is CCC(C)CCCCCCCCCCCCC(=O)O[C@H](COC(=O)CCCCCCCCC(C)C)COP(=O)(O)OC[C@H](O)COP(=O)(O)OC[C@@H](COC(=O)CCCCCCCCCCCCCCCC(C)C)OC(=O)CCCCCCCCCCCCCCCC(C)C. The van der Waals surface area contributed by atoms with Crippen LogP contribution in [0.2, 0.25) is 0 Å². The second kappa shape index (κ2) is 65.4. The Balaban J connectivity index is 5.25. The van der Waals surface area contributed by atoms with E-state index in [2.05, 4.69) is 55.4 Å². The van der Waals surface area contributed by atoms with Gasteiger partial charge in [0, 0.05) is 25.7 Å². The maximum atomic E-state index is 13.1. The van der Waals surface area contributed by atoms with Crippen LogP contribution in [-0.2, 0) is 65.4 Å². The third-order valence-electron chi connectivity index (χ3n) is 17.9. The molecule has 0 bridgehead atoms. The summed E-state index contributed by atoms with van der Waals surface area (Å²) in [5, 5.41) is 10.6. The van der Waals surface area contributed by atoms with E-state index in [0.29, 0.717) is 31.6 Å². The molecule has 0 aromatic carbocycles. The quantitative estimate of drug-likeness (QED) is 0.0222. The Bertz CT molecular complexity index is 1870. The Morgan fingerprint density at radius 2 is 0.505 bits per heavy atom. The molecule has 0 amide bonds. The normalized spacial score (nSPS) is 14.4. The molecule has 0 heterocycles. The first-order chi connectivity index (χ1) is 45.6. The molecule has 3 unspecified atom stereocenters. The van der Waals surface area contributed by atoms with E-state index < -0.39 is 97.5 Å². The fraction of sp³-hybridized carbons (Fsp3) is 0.947. The molecule has 0 radical (unpaired) electrons. The van der Waals surface area contributed by atoms with Gasteiger partial charge in [0.05, 0.1) is 26.4 Å². The van der Waals surface area contributed by atoms with Crippen LogP contribution in [0.3, 0.4) is 0 Å². The van der Waals surface area contributed by atoms with Gasteiger partial charge in [-0.25, -0.2) is 9.13 Å². The van der Waals surface area contributed by atoms with Crippen LogP contribution in [-0.4, -0.2) is 96.7 Å². The first-order valence-electron chi connectivity index (χ1n) is 39.2. The zero-order chi connectivity index (χ0) is 70.3. The van der Waals surface area contributed by atoms with Crippen molar-refractivity contribution in [1.29, 1.82) is 0 Å². The van der Waals surface area contributed by atoms with Crippen molar-refractivity contribution in [3.05, 3.63) is 0 Å². The molecule has 0 aliphatic carbocycles. The predicted octanol–water partition coefficient (Wildman–Crippen LogP) is 22.0. The second-order valence-electron chi connectivity index (χ2n) is 29.1. The molecule has 0 aromatic rings. The van der Waals surface area contributed by atoms with E-state index in [0.717, 1.165) is 114 Å². The predicted molar refractivity (Wildman–Crippen MR) is 386 cm³/mol. The standard InChI is InChI=1S/C76H148O17P2/c1-9-69(8)55-47-39-30-24-20-21-27-33-43-51-59-76(81)93-72(63-87-74(79)57-49-41-35-34-38-46-54-68(6)7)65-91-95(84,85)89-61-70(77)60-88-94(82,83)90-64-71(92-75(80)58-50-42-32-26-19-15-11-13-17-23-29-37-45-53-67(4)5)62-86-73(78)56-48-40-31-25-18-14-10-12-16-22-28-36-44-52-66(2)3/h66-72,77H,9-65H2,1-8H3,(H,82,83)(H,84,85)/t69?,70-,71-,72-/m1/s1. The van der Waals surface area contributed by atoms with Crippen molar-refractivity contribution in [2.45, 2.75) is 401 Å². The van der Waals surface area contributed by atoms with Crippen molar-refractivity contribution in [2.24, 2.45) is 23.7 Å². The lowest BCUT2D eigenvalue weighted by Crippen LogP contribution is -2.30. The van der Waals surface area contributed by atoms with Crippen LogP contribution in [0, 0.1) is 23.7 Å². The Morgan fingerprint density at radius 3 is 0.747 bits per heavy atom. The van der Waals surface area contributed by atoms with Crippen molar-refractivity contribution < 1.29 is 80.2 Å². The molecule has 19 heteroatoms. The Morgan fingerprint density at radius 1 is 0.295 bits per heavy atom. The van der Waals surface area contributed by atoms with Crippen LogP contribution < -0.4 is 0 Å². The summed E-state index contributed by atoms with van der Waals surface area (Å²) in [6.07, 6.45) is 50.0. The number of carbonyl (C=O) groups is 4. The minimum absolute atomic E-state index is 0.105. The second-order valence-corrected chi connectivity index (χ2v) is 32.0. The number of aliphatic hydroxyl groups excluding tert-OH is 1. The largest absolute Gasteiger partial charge is 0.472 e. The molecule has 95 heavy (non-hydrogen) atoms. The summed E-state index contributed by atoms with van der Waals surface area (Å²) >= 11 is 0. The molecule has 0 aliphatic heterocycles. The van der Waals surface area contributed by atoms with E-state index in [1.807, 2.05) is 0 Å². The summed E-state index contributed by atoms with van der Waals surface area (Å²) < 4.78 is 68.5. The van der Waals surface area contributed by atoms with Gasteiger partial charge in [0.1, 0.15) is 19.3 Å². The minimum atomic E-state index is -4.96. The van der Waals surface area contributed by atoms with E-state index in [1.165, 1.54) is 180 Å². The summed E-state index contributed by atoms with van der Waals surface area (Å²) in [7, 11) is -9.91. The van der Waals surface area contributed by atoms with Crippen LogP contribution in [0.15, 0.2) is 0 Å². The lowest BCUT2D eigenvalue weighted by atomic mass is 9.99. The molecule has 6 atom stereocenters. The van der Waals surface area contributed by atoms with Crippen molar-refractivity contribution in [3.8, 4) is 0 Å². The number of aliphatic hydroxyl groups is 1. The van der Waals surface area contributed by atoms with E-state index in [1.54, 1.807) is 0 Å². The zero-order valence-electron chi connectivity index (χ0n) is 62.3. The summed E-state index contributed by atoms with van der Waals surface area (Å²) in [6.45, 7) is 14.2. The average molecular weight is 1400 g/mol. The van der Waals surface area contributed by atoms with Crippen LogP contribution in [0.4, 0.5) is 0 Å². The van der Waals surface area contributed by atoms with Gasteiger partial charge in [-0.2, -0.15) is 0 Å². The van der Waals surface area contributed by atoms with Gasteiger partial charge in [0.15, 0.2) is 12.2 Å². The third-order valence-corrected chi connectivity index (χ3v) is 19.8. The number of ether oxygens (including phenoxy) is 4. The highest BCUT2D eigenvalue weighted by Crippen LogP contribution is 2.45. The van der Waals surface area contributed by atoms with Crippen molar-refractivity contribution in [3.63, 3.8) is 0 Å². The molecule has 17 nitrogen and oxygen atoms in total. The number of rotatable bonds is 73. The van der Waals surface area contributed by atoms with Gasteiger partial charge in [-0.15, -0.1) is 0 Å². The summed E-state index contributed by atoms with van der Waals surface area (Å²) in [6, 6.07) is 0. The number of hydrogen-bond acceptors (Lipinski definition) is 15. The topological polar surface area (TPSA) is 237 Å². The Kier molecular flexibility index (Phi) is 64.0. The number of phosphoric acid groups is 2. The fourth-order valence-electron chi connectivity index (χ4n) is 11.5. The van der Waals surface area contributed by atoms with E-state index >= 15 is 0 Å². The first kappa shape index (κ1) is 93.1. The van der Waals surface area contributed by atoms with Gasteiger partial charge in [-0.05, 0) is 49.4 Å². The maximum absolute atomic E-state index is 13.1. The number of hydrogen-bond donors (Lipinski definition) is 3. The van der Waals surface area contributed by atoms with Gasteiger partial charge >= 0.3 is 39.5 Å². The molecule has 0 spiro atoms. The molecular weight excluding hydrogens is 1250 g/mol. The molecule has 0 saturated heterocycles. The van der Waals surface area contributed by atoms with Crippen molar-refractivity contribution in [1.82, 2.24) is 0 Å². The first-order valence-corrected chi connectivity index (χ1v) is 42.2. The molecular formula is C76H148O17P2. The molecule has 3 N–H and O–H groups in total. The van der Waals surface area contributed by atoms with E-state index in [4.69, 9.17) is 37.0 Å². The summed E-state index contributed by atoms with van der Waals surface area (Å²) in [5.74, 6) is 0.938. The zero-order valence-corrected chi connectivity index (χ0v) is 64.1. The van der Waals surface area contributed by atoms with Gasteiger partial charge in [0.2, 0.25) is 0 Å². The summed E-state index contributed by atoms with van der Waals surface area (Å²) in [5.41, 5.74) is 0. The third kappa shape index (κ3) is 69.0. The smallest absolute Gasteiger partial charge is 0.462 e. The molecule has 564 valence electrons. The number of carbonyl (C=O) groups excluding carboxylic acids is 4. The highest BCUT2D eigenvalue weighted by atomic mass is 31.2. The molecule has 0 aromatic heterocycles. The lowest BCUT2D eigenvalue weighted by molar-refractivity contribution is -0.161. The van der Waals surface area contributed by atoms with Crippen LogP contribution in [0.5, 0.6) is 0 Å². The van der Waals surface area contributed by atoms with Crippen LogP contribution in [0.25, 0.3) is 0 Å². The number of unbranched alkanes of at least 4 members (excludes halogenated alkanes) is 38. The molecule has 0 fully saturated rings. The summed E-state index contributed by atoms with van der Waals surface area (Å²) in [4.78, 5) is 72.8. The van der Waals surface area contributed by atoms with Crippen molar-refractivity contribution >= 4 is 39.5 Å². The lowest BCUT2D eigenvalue weighted by Gasteiger charge is -2.21. The molecule has 0 aliphatic rings. The number of phosphoric ester groups is 2. The van der Waals surface area contributed by atoms with Crippen molar-refractivity contribution in [2.75, 3.05) is 39.6 Å².